The summed E-state index contributed by atoms with van der Waals surface area (Å²) in [5, 5.41) is 12.0. The van der Waals surface area contributed by atoms with Crippen LogP contribution in [0.2, 0.25) is 0 Å². The van der Waals surface area contributed by atoms with Crippen molar-refractivity contribution >= 4 is 23.4 Å². The maximum atomic E-state index is 14.2. The second-order valence-corrected chi connectivity index (χ2v) is 8.29. The van der Waals surface area contributed by atoms with Gasteiger partial charge in [0, 0.05) is 22.6 Å². The van der Waals surface area contributed by atoms with Crippen molar-refractivity contribution in [3.8, 4) is 5.75 Å². The predicted molar refractivity (Wildman–Crippen MR) is 103 cm³/mol. The number of hydrogen-bond donors (Lipinski definition) is 2. The lowest BCUT2D eigenvalue weighted by atomic mass is 9.59. The van der Waals surface area contributed by atoms with Gasteiger partial charge in [0.25, 0.3) is 0 Å². The van der Waals surface area contributed by atoms with Crippen LogP contribution in [0.1, 0.15) is 31.2 Å². The molecule has 1 aromatic rings. The third-order valence-electron chi connectivity index (χ3n) is 6.71. The van der Waals surface area contributed by atoms with Gasteiger partial charge in [-0.2, -0.15) is 0 Å². The SMILES string of the molecule is CC1=CC(=O)C2=C(C1=O)[C@@H](c1ccc(O)c(F)c1)C1=CC[C@@H]3C(=O)NC(=O)[C@@H]3[C@@H]1C2. The van der Waals surface area contributed by atoms with Gasteiger partial charge in [-0.05, 0) is 49.5 Å². The normalized spacial score (nSPS) is 30.3. The number of imide groups is 1. The maximum Gasteiger partial charge on any atom is 0.231 e. The van der Waals surface area contributed by atoms with Gasteiger partial charge in [-0.15, -0.1) is 0 Å². The Labute approximate surface area is 171 Å². The number of phenolic OH excluding ortho intramolecular Hbond substituents is 1. The molecule has 1 heterocycles. The van der Waals surface area contributed by atoms with E-state index in [1.807, 2.05) is 6.08 Å². The van der Waals surface area contributed by atoms with Gasteiger partial charge in [-0.25, -0.2) is 4.39 Å². The van der Waals surface area contributed by atoms with E-state index in [-0.39, 0.29) is 29.8 Å². The van der Waals surface area contributed by atoms with Gasteiger partial charge in [-0.1, -0.05) is 17.7 Å². The second-order valence-electron chi connectivity index (χ2n) is 8.29. The molecule has 1 aromatic carbocycles. The lowest BCUT2D eigenvalue weighted by Crippen LogP contribution is -2.39. The molecule has 0 bridgehead atoms. The minimum absolute atomic E-state index is 0.189. The van der Waals surface area contributed by atoms with E-state index >= 15 is 0 Å². The number of hydrogen-bond acceptors (Lipinski definition) is 5. The van der Waals surface area contributed by atoms with Crippen molar-refractivity contribution in [3.63, 3.8) is 0 Å². The Kier molecular flexibility index (Phi) is 3.93. The van der Waals surface area contributed by atoms with Crippen LogP contribution < -0.4 is 5.32 Å². The topological polar surface area (TPSA) is 101 Å². The second kappa shape index (κ2) is 6.32. The first-order chi connectivity index (χ1) is 14.3. The summed E-state index contributed by atoms with van der Waals surface area (Å²) in [6.45, 7) is 1.57. The van der Waals surface area contributed by atoms with E-state index in [1.165, 1.54) is 18.2 Å². The average molecular weight is 407 g/mol. The number of amides is 2. The molecule has 0 aromatic heterocycles. The zero-order valence-electron chi connectivity index (χ0n) is 16.1. The number of ketones is 2. The molecule has 4 atom stereocenters. The van der Waals surface area contributed by atoms with E-state index in [9.17, 15) is 28.7 Å². The number of Topliss-reactive ketones (excluding diaryl/α,β-unsaturated/α-hetero) is 1. The molecule has 1 fully saturated rings. The van der Waals surface area contributed by atoms with E-state index in [0.717, 1.165) is 11.6 Å². The van der Waals surface area contributed by atoms with Crippen LogP contribution in [0, 0.1) is 23.6 Å². The van der Waals surface area contributed by atoms with E-state index in [2.05, 4.69) is 5.32 Å². The largest absolute Gasteiger partial charge is 0.505 e. The molecule has 1 saturated heterocycles. The Hall–Kier alpha value is -3.35. The van der Waals surface area contributed by atoms with Crippen LogP contribution in [-0.2, 0) is 19.2 Å². The predicted octanol–water partition coefficient (Wildman–Crippen LogP) is 2.25. The minimum atomic E-state index is -0.832. The lowest BCUT2D eigenvalue weighted by Gasteiger charge is -2.42. The molecule has 0 spiro atoms. The lowest BCUT2D eigenvalue weighted by molar-refractivity contribution is -0.126. The summed E-state index contributed by atoms with van der Waals surface area (Å²) in [6.07, 6.45) is 3.68. The van der Waals surface area contributed by atoms with Crippen molar-refractivity contribution in [2.45, 2.75) is 25.7 Å². The number of aromatic hydroxyl groups is 1. The molecule has 3 aliphatic carbocycles. The zero-order valence-corrected chi connectivity index (χ0v) is 16.1. The molecule has 152 valence electrons. The highest BCUT2D eigenvalue weighted by atomic mass is 19.1. The van der Waals surface area contributed by atoms with Crippen LogP contribution in [0.25, 0.3) is 0 Å². The smallest absolute Gasteiger partial charge is 0.231 e. The van der Waals surface area contributed by atoms with Crippen LogP contribution in [0.4, 0.5) is 4.39 Å². The van der Waals surface area contributed by atoms with Gasteiger partial charge >= 0.3 is 0 Å². The summed E-state index contributed by atoms with van der Waals surface area (Å²) in [4.78, 5) is 50.6. The van der Waals surface area contributed by atoms with Crippen molar-refractivity contribution < 1.29 is 28.7 Å². The van der Waals surface area contributed by atoms with Gasteiger partial charge in [0.05, 0.1) is 11.8 Å². The molecule has 7 heteroatoms. The van der Waals surface area contributed by atoms with Crippen LogP contribution >= 0.6 is 0 Å². The molecule has 2 amide bonds. The number of benzene rings is 1. The number of allylic oxidation sites excluding steroid dienone is 6. The molecule has 6 nitrogen and oxygen atoms in total. The average Bonchev–Trinajstić information content (AvgIpc) is 3.01. The van der Waals surface area contributed by atoms with E-state index in [4.69, 9.17) is 0 Å². The number of carbonyl (C=O) groups excluding carboxylic acids is 4. The Morgan fingerprint density at radius 1 is 1.10 bits per heavy atom. The number of carbonyl (C=O) groups is 4. The fraction of sp³-hybridized carbons (Fsp3) is 0.304. The number of halogens is 1. The standard InChI is InChI=1S/C23H18FNO5/c1-9-6-17(27)14-8-13-11(3-4-12-19(13)23(30)25-22(12)29)18(20(14)21(9)28)10-2-5-16(26)15(24)7-10/h2-3,5-7,12-13,18-19,26H,4,8H2,1H3,(H,25,29,30)/t12-,13+,18-,19-/m0/s1. The van der Waals surface area contributed by atoms with Gasteiger partial charge < -0.3 is 5.11 Å². The summed E-state index contributed by atoms with van der Waals surface area (Å²) in [7, 11) is 0. The number of nitrogens with one attached hydrogen (secondary N) is 1. The number of rotatable bonds is 1. The summed E-state index contributed by atoms with van der Waals surface area (Å²) < 4.78 is 14.2. The summed E-state index contributed by atoms with van der Waals surface area (Å²) in [5.74, 6) is -4.88. The molecule has 30 heavy (non-hydrogen) atoms. The fourth-order valence-corrected chi connectivity index (χ4v) is 5.35. The highest BCUT2D eigenvalue weighted by Gasteiger charge is 2.53. The van der Waals surface area contributed by atoms with Crippen molar-refractivity contribution in [1.82, 2.24) is 5.32 Å². The Morgan fingerprint density at radius 2 is 1.87 bits per heavy atom. The van der Waals surface area contributed by atoms with E-state index in [0.29, 0.717) is 28.7 Å². The van der Waals surface area contributed by atoms with Gasteiger partial charge in [0.1, 0.15) is 0 Å². The molecule has 0 unspecified atom stereocenters. The number of fused-ring (bicyclic) bond motifs is 3. The molecular formula is C23H18FNO5. The highest BCUT2D eigenvalue weighted by molar-refractivity contribution is 6.23. The van der Waals surface area contributed by atoms with Crippen molar-refractivity contribution in [3.05, 3.63) is 64.0 Å². The molecule has 0 saturated carbocycles. The summed E-state index contributed by atoms with van der Waals surface area (Å²) >= 11 is 0. The Balaban J connectivity index is 1.73. The maximum absolute atomic E-state index is 14.2. The molecule has 4 aliphatic rings. The van der Waals surface area contributed by atoms with E-state index < -0.39 is 35.2 Å². The first-order valence-corrected chi connectivity index (χ1v) is 9.81. The highest BCUT2D eigenvalue weighted by Crippen LogP contribution is 2.54. The van der Waals surface area contributed by atoms with Crippen molar-refractivity contribution in [2.75, 3.05) is 0 Å². The molecular weight excluding hydrogens is 389 g/mol. The summed E-state index contributed by atoms with van der Waals surface area (Å²) in [5.41, 5.74) is 2.10. The monoisotopic (exact) mass is 407 g/mol. The Bertz CT molecular complexity index is 1160. The van der Waals surface area contributed by atoms with Gasteiger partial charge in [0.2, 0.25) is 11.8 Å². The fourth-order valence-electron chi connectivity index (χ4n) is 5.35. The van der Waals surface area contributed by atoms with Crippen molar-refractivity contribution in [2.24, 2.45) is 17.8 Å². The first-order valence-electron chi connectivity index (χ1n) is 9.81. The zero-order chi connectivity index (χ0) is 21.3. The third kappa shape index (κ3) is 2.47. The molecule has 1 aliphatic heterocycles. The van der Waals surface area contributed by atoms with Crippen molar-refractivity contribution in [1.29, 1.82) is 0 Å². The summed E-state index contributed by atoms with van der Waals surface area (Å²) in [6, 6.07) is 3.89. The molecule has 2 N–H and O–H groups in total. The quantitative estimate of drug-likeness (QED) is 0.423. The van der Waals surface area contributed by atoms with Crippen LogP contribution in [0.5, 0.6) is 5.75 Å². The van der Waals surface area contributed by atoms with Gasteiger partial charge in [0.15, 0.2) is 23.1 Å². The number of phenols is 1. The first kappa shape index (κ1) is 18.7. The van der Waals surface area contributed by atoms with Gasteiger partial charge in [-0.3, -0.25) is 24.5 Å². The molecule has 0 radical (unpaired) electrons. The minimum Gasteiger partial charge on any atom is -0.505 e. The molecule has 5 rings (SSSR count). The van der Waals surface area contributed by atoms with Crippen LogP contribution in [0.15, 0.2) is 52.6 Å². The third-order valence-corrected chi connectivity index (χ3v) is 6.71. The van der Waals surface area contributed by atoms with Crippen LogP contribution in [0.3, 0.4) is 0 Å². The van der Waals surface area contributed by atoms with Crippen LogP contribution in [-0.4, -0.2) is 28.5 Å². The van der Waals surface area contributed by atoms with E-state index in [1.54, 1.807) is 6.92 Å². The Morgan fingerprint density at radius 3 is 2.60 bits per heavy atom.